The molecule has 90 valence electrons. The molecule has 2 aliphatic rings. The van der Waals surface area contributed by atoms with Crippen molar-refractivity contribution >= 4 is 11.9 Å². The van der Waals surface area contributed by atoms with E-state index in [4.69, 9.17) is 0 Å². The van der Waals surface area contributed by atoms with Crippen LogP contribution in [0.4, 0.5) is 4.79 Å². The molecule has 1 unspecified atom stereocenters. The molecule has 5 atom stereocenters. The summed E-state index contributed by atoms with van der Waals surface area (Å²) in [7, 11) is 1.32. The Balaban J connectivity index is 1.93. The van der Waals surface area contributed by atoms with Crippen LogP contribution in [0.25, 0.3) is 0 Å². The van der Waals surface area contributed by atoms with E-state index in [2.05, 4.69) is 17.0 Å². The molecule has 0 aliphatic heterocycles. The zero-order chi connectivity index (χ0) is 11.9. The molecule has 0 aromatic heterocycles. The molecule has 1 amide bonds. The van der Waals surface area contributed by atoms with Crippen LogP contribution < -0.4 is 5.32 Å². The van der Waals surface area contributed by atoms with Crippen molar-refractivity contribution in [2.45, 2.75) is 32.7 Å². The van der Waals surface area contributed by atoms with Gasteiger partial charge >= 0.3 is 6.09 Å². The Kier molecular flexibility index (Phi) is 2.91. The van der Waals surface area contributed by atoms with E-state index in [0.29, 0.717) is 5.92 Å². The standard InChI is InChI=1S/C12H19NO3/c1-6-9-4-8(5-10(6)9)11(7(2)14)13-12(15)16-3/h6,8-11H,4-5H2,1-3H3,(H,13,15)/t6-,8+,9+,10-,11?. The maximum atomic E-state index is 11.5. The lowest BCUT2D eigenvalue weighted by atomic mass is 9.90. The third-order valence-corrected chi connectivity index (χ3v) is 4.28. The molecule has 0 spiro atoms. The molecule has 2 saturated carbocycles. The van der Waals surface area contributed by atoms with Gasteiger partial charge in [-0.3, -0.25) is 4.79 Å². The fourth-order valence-electron chi connectivity index (χ4n) is 3.22. The number of carbonyl (C=O) groups excluding carboxylic acids is 2. The highest BCUT2D eigenvalue weighted by Crippen LogP contribution is 2.59. The van der Waals surface area contributed by atoms with Crippen molar-refractivity contribution in [3.05, 3.63) is 0 Å². The van der Waals surface area contributed by atoms with Crippen molar-refractivity contribution in [1.82, 2.24) is 5.32 Å². The van der Waals surface area contributed by atoms with E-state index < -0.39 is 6.09 Å². The lowest BCUT2D eigenvalue weighted by molar-refractivity contribution is -0.120. The minimum Gasteiger partial charge on any atom is -0.453 e. The first-order valence-electron chi connectivity index (χ1n) is 5.89. The summed E-state index contributed by atoms with van der Waals surface area (Å²) in [5, 5.41) is 2.65. The SMILES string of the molecule is COC(=O)NC(C(C)=O)[C@@H]1C[C@@H]2[C@H](C)[C@@H]2C1. The summed E-state index contributed by atoms with van der Waals surface area (Å²) in [5.41, 5.74) is 0. The van der Waals surface area contributed by atoms with E-state index in [-0.39, 0.29) is 11.8 Å². The predicted molar refractivity (Wildman–Crippen MR) is 58.9 cm³/mol. The van der Waals surface area contributed by atoms with Gasteiger partial charge in [0.25, 0.3) is 0 Å². The average molecular weight is 225 g/mol. The smallest absolute Gasteiger partial charge is 0.407 e. The molecule has 2 rings (SSSR count). The number of rotatable bonds is 3. The number of amides is 1. The molecular weight excluding hydrogens is 206 g/mol. The third-order valence-electron chi connectivity index (χ3n) is 4.28. The first-order chi connectivity index (χ1) is 7.54. The lowest BCUT2D eigenvalue weighted by Gasteiger charge is -2.23. The summed E-state index contributed by atoms with van der Waals surface area (Å²) in [6.07, 6.45) is 1.63. The van der Waals surface area contributed by atoms with E-state index in [0.717, 1.165) is 30.6 Å². The highest BCUT2D eigenvalue weighted by atomic mass is 16.5. The number of methoxy groups -OCH3 is 1. The van der Waals surface area contributed by atoms with Crippen LogP contribution in [0.3, 0.4) is 0 Å². The summed E-state index contributed by atoms with van der Waals surface area (Å²) < 4.78 is 4.55. The summed E-state index contributed by atoms with van der Waals surface area (Å²) in [5.74, 6) is 2.73. The molecule has 4 nitrogen and oxygen atoms in total. The van der Waals surface area contributed by atoms with E-state index in [1.165, 1.54) is 14.0 Å². The maximum absolute atomic E-state index is 11.5. The van der Waals surface area contributed by atoms with Crippen LogP contribution >= 0.6 is 0 Å². The van der Waals surface area contributed by atoms with Gasteiger partial charge in [0.15, 0.2) is 5.78 Å². The fraction of sp³-hybridized carbons (Fsp3) is 0.833. The third kappa shape index (κ3) is 1.93. The molecule has 2 fully saturated rings. The van der Waals surface area contributed by atoms with Crippen molar-refractivity contribution < 1.29 is 14.3 Å². The molecule has 2 aliphatic carbocycles. The molecule has 0 saturated heterocycles. The Morgan fingerprint density at radius 3 is 2.31 bits per heavy atom. The molecular formula is C12H19NO3. The first-order valence-corrected chi connectivity index (χ1v) is 5.89. The second-order valence-electron chi connectivity index (χ2n) is 5.14. The second-order valence-corrected chi connectivity index (χ2v) is 5.14. The summed E-state index contributed by atoms with van der Waals surface area (Å²) in [4.78, 5) is 22.7. The number of hydrogen-bond acceptors (Lipinski definition) is 3. The topological polar surface area (TPSA) is 55.4 Å². The van der Waals surface area contributed by atoms with Crippen LogP contribution in [-0.2, 0) is 9.53 Å². The number of hydrogen-bond donors (Lipinski definition) is 1. The van der Waals surface area contributed by atoms with Gasteiger partial charge in [0.1, 0.15) is 0 Å². The summed E-state index contributed by atoms with van der Waals surface area (Å²) in [6.45, 7) is 3.80. The highest BCUT2D eigenvalue weighted by Gasteiger charge is 2.55. The lowest BCUT2D eigenvalue weighted by Crippen LogP contribution is -2.44. The number of carbonyl (C=O) groups is 2. The van der Waals surface area contributed by atoms with Crippen LogP contribution in [0.15, 0.2) is 0 Å². The van der Waals surface area contributed by atoms with Gasteiger partial charge in [-0.1, -0.05) is 6.92 Å². The van der Waals surface area contributed by atoms with Gasteiger partial charge in [-0.2, -0.15) is 0 Å². The fourth-order valence-corrected chi connectivity index (χ4v) is 3.22. The molecule has 0 heterocycles. The quantitative estimate of drug-likeness (QED) is 0.793. The van der Waals surface area contributed by atoms with Gasteiger partial charge in [0, 0.05) is 0 Å². The van der Waals surface area contributed by atoms with Crippen molar-refractivity contribution in [2.75, 3.05) is 7.11 Å². The van der Waals surface area contributed by atoms with Gasteiger partial charge in [0.05, 0.1) is 13.2 Å². The van der Waals surface area contributed by atoms with E-state index in [1.54, 1.807) is 0 Å². The van der Waals surface area contributed by atoms with Crippen LogP contribution in [0, 0.1) is 23.7 Å². The van der Waals surface area contributed by atoms with Crippen LogP contribution in [0.5, 0.6) is 0 Å². The minimum absolute atomic E-state index is 0.0318. The Labute approximate surface area is 95.7 Å². The molecule has 0 radical (unpaired) electrons. The van der Waals surface area contributed by atoms with E-state index >= 15 is 0 Å². The van der Waals surface area contributed by atoms with Crippen molar-refractivity contribution in [1.29, 1.82) is 0 Å². The summed E-state index contributed by atoms with van der Waals surface area (Å²) >= 11 is 0. The van der Waals surface area contributed by atoms with E-state index in [1.807, 2.05) is 0 Å². The molecule has 0 bridgehead atoms. The minimum atomic E-state index is -0.506. The van der Waals surface area contributed by atoms with Crippen molar-refractivity contribution in [2.24, 2.45) is 23.7 Å². The largest absolute Gasteiger partial charge is 0.453 e. The Bertz CT molecular complexity index is 303. The molecule has 0 aromatic rings. The normalized spacial score (nSPS) is 37.4. The Morgan fingerprint density at radius 2 is 1.88 bits per heavy atom. The van der Waals surface area contributed by atoms with Crippen LogP contribution in [-0.4, -0.2) is 25.0 Å². The first kappa shape index (κ1) is 11.4. The molecule has 16 heavy (non-hydrogen) atoms. The van der Waals surface area contributed by atoms with Crippen molar-refractivity contribution in [3.8, 4) is 0 Å². The van der Waals surface area contributed by atoms with Gasteiger partial charge in [-0.15, -0.1) is 0 Å². The Hall–Kier alpha value is -1.06. The number of alkyl carbamates (subject to hydrolysis) is 1. The zero-order valence-electron chi connectivity index (χ0n) is 10.0. The Morgan fingerprint density at radius 1 is 1.31 bits per heavy atom. The van der Waals surface area contributed by atoms with Gasteiger partial charge < -0.3 is 10.1 Å². The summed E-state index contributed by atoms with van der Waals surface area (Å²) in [6, 6.07) is -0.354. The number of ether oxygens (including phenoxy) is 1. The van der Waals surface area contributed by atoms with Crippen LogP contribution in [0.2, 0.25) is 0 Å². The van der Waals surface area contributed by atoms with Crippen molar-refractivity contribution in [3.63, 3.8) is 0 Å². The number of Topliss-reactive ketones (excluding diaryl/α,β-unsaturated/α-hetero) is 1. The maximum Gasteiger partial charge on any atom is 0.407 e. The average Bonchev–Trinajstić information content (AvgIpc) is 2.67. The number of ketones is 1. The number of nitrogens with one attached hydrogen (secondary N) is 1. The highest BCUT2D eigenvalue weighted by molar-refractivity contribution is 5.85. The van der Waals surface area contributed by atoms with Gasteiger partial charge in [-0.05, 0) is 43.4 Å². The molecule has 0 aromatic carbocycles. The van der Waals surface area contributed by atoms with E-state index in [9.17, 15) is 9.59 Å². The number of fused-ring (bicyclic) bond motifs is 1. The van der Waals surface area contributed by atoms with Gasteiger partial charge in [0.2, 0.25) is 0 Å². The van der Waals surface area contributed by atoms with Crippen LogP contribution in [0.1, 0.15) is 26.7 Å². The monoisotopic (exact) mass is 225 g/mol. The molecule has 4 heteroatoms. The zero-order valence-corrected chi connectivity index (χ0v) is 10.0. The second kappa shape index (κ2) is 4.07. The predicted octanol–water partition coefficient (Wildman–Crippen LogP) is 1.59. The van der Waals surface area contributed by atoms with Gasteiger partial charge in [-0.25, -0.2) is 4.79 Å². The molecule has 1 N–H and O–H groups in total.